The summed E-state index contributed by atoms with van der Waals surface area (Å²) in [4.78, 5) is 19.1. The summed E-state index contributed by atoms with van der Waals surface area (Å²) >= 11 is 12.4. The number of carbonyl (C=O) groups excluding carboxylic acids is 1. The first kappa shape index (κ1) is 16.3. The molecule has 1 aliphatic heterocycles. The van der Waals surface area contributed by atoms with E-state index in [-0.39, 0.29) is 18.4 Å². The van der Waals surface area contributed by atoms with Crippen LogP contribution in [0, 0.1) is 0 Å². The number of nitrogens with zero attached hydrogens (tertiary/aromatic N) is 3. The largest absolute Gasteiger partial charge is 0.336 e. The van der Waals surface area contributed by atoms with Crippen LogP contribution in [0.25, 0.3) is 0 Å². The molecular weight excluding hydrogens is 335 g/mol. The molecule has 0 saturated carbocycles. The van der Waals surface area contributed by atoms with Crippen LogP contribution in [-0.2, 0) is 18.3 Å². The molecule has 1 atom stereocenters. The number of aryl methyl sites for hydroxylation is 1. The van der Waals surface area contributed by atoms with Crippen LogP contribution in [-0.4, -0.2) is 40.0 Å². The van der Waals surface area contributed by atoms with Crippen LogP contribution >= 0.6 is 23.2 Å². The molecule has 0 radical (unpaired) electrons. The minimum atomic E-state index is -0.0856. The number of rotatable bonds is 3. The summed E-state index contributed by atoms with van der Waals surface area (Å²) in [5.41, 5.74) is 0.679. The molecule has 7 heteroatoms. The van der Waals surface area contributed by atoms with Gasteiger partial charge in [0.05, 0.1) is 6.42 Å². The monoisotopic (exact) mass is 352 g/mol. The summed E-state index contributed by atoms with van der Waals surface area (Å²) in [5.74, 6) is 0.880. The molecule has 23 heavy (non-hydrogen) atoms. The van der Waals surface area contributed by atoms with E-state index in [0.29, 0.717) is 28.7 Å². The van der Waals surface area contributed by atoms with Gasteiger partial charge in [-0.3, -0.25) is 4.79 Å². The number of halogens is 2. The van der Waals surface area contributed by atoms with Crippen LogP contribution in [0.2, 0.25) is 10.0 Å². The Bertz CT molecular complexity index is 696. The van der Waals surface area contributed by atoms with E-state index < -0.39 is 0 Å². The predicted octanol–water partition coefficient (Wildman–Crippen LogP) is 2.44. The summed E-state index contributed by atoms with van der Waals surface area (Å²) in [5, 5.41) is 4.37. The van der Waals surface area contributed by atoms with E-state index >= 15 is 0 Å². The Morgan fingerprint density at radius 1 is 1.39 bits per heavy atom. The first-order valence-corrected chi connectivity index (χ1v) is 8.24. The van der Waals surface area contributed by atoms with Gasteiger partial charge in [-0.2, -0.15) is 0 Å². The average Bonchev–Trinajstić information content (AvgIpc) is 2.97. The molecule has 1 aromatic heterocycles. The minimum Gasteiger partial charge on any atom is -0.336 e. The van der Waals surface area contributed by atoms with Crippen molar-refractivity contribution < 1.29 is 4.79 Å². The molecule has 0 spiro atoms. The van der Waals surface area contributed by atoms with Crippen molar-refractivity contribution >= 4 is 29.1 Å². The molecule has 122 valence electrons. The van der Waals surface area contributed by atoms with E-state index in [0.717, 1.165) is 12.4 Å². The molecule has 3 rings (SSSR count). The topological polar surface area (TPSA) is 50.2 Å². The fourth-order valence-electron chi connectivity index (χ4n) is 2.89. The van der Waals surface area contributed by atoms with Gasteiger partial charge in [-0.05, 0) is 17.7 Å². The van der Waals surface area contributed by atoms with E-state index in [1.165, 1.54) is 0 Å². The van der Waals surface area contributed by atoms with Crippen LogP contribution in [0.15, 0.2) is 30.6 Å². The molecule has 0 bridgehead atoms. The molecule has 1 saturated heterocycles. The van der Waals surface area contributed by atoms with Crippen molar-refractivity contribution in [2.75, 3.05) is 19.6 Å². The SMILES string of the molecule is Cn1ccnc1C1CNCCN1C(=O)Cc1c(Cl)cccc1Cl. The highest BCUT2D eigenvalue weighted by atomic mass is 35.5. The summed E-state index contributed by atoms with van der Waals surface area (Å²) in [7, 11) is 1.94. The lowest BCUT2D eigenvalue weighted by molar-refractivity contribution is -0.134. The van der Waals surface area contributed by atoms with Crippen LogP contribution in [0.5, 0.6) is 0 Å². The van der Waals surface area contributed by atoms with E-state index in [1.807, 2.05) is 22.7 Å². The highest BCUT2D eigenvalue weighted by Crippen LogP contribution is 2.27. The first-order chi connectivity index (χ1) is 11.1. The molecule has 1 N–H and O–H groups in total. The zero-order valence-electron chi connectivity index (χ0n) is 12.8. The third-order valence-corrected chi connectivity index (χ3v) is 4.82. The van der Waals surface area contributed by atoms with Gasteiger partial charge in [0.2, 0.25) is 5.91 Å². The molecular formula is C16H18Cl2N4O. The predicted molar refractivity (Wildman–Crippen MR) is 90.7 cm³/mol. The summed E-state index contributed by atoms with van der Waals surface area (Å²) in [6.45, 7) is 2.09. The maximum atomic E-state index is 12.8. The normalized spacial score (nSPS) is 18.2. The quantitative estimate of drug-likeness (QED) is 0.922. The van der Waals surface area contributed by atoms with Gasteiger partial charge in [0.1, 0.15) is 11.9 Å². The molecule has 1 fully saturated rings. The van der Waals surface area contributed by atoms with Crippen LogP contribution in [0.3, 0.4) is 0 Å². The van der Waals surface area contributed by atoms with E-state index in [1.54, 1.807) is 24.4 Å². The van der Waals surface area contributed by atoms with Crippen molar-refractivity contribution in [1.29, 1.82) is 0 Å². The fourth-order valence-corrected chi connectivity index (χ4v) is 3.42. The molecule has 2 heterocycles. The molecule has 0 aliphatic carbocycles. The number of imidazole rings is 1. The van der Waals surface area contributed by atoms with Crippen LogP contribution in [0.4, 0.5) is 0 Å². The van der Waals surface area contributed by atoms with Gasteiger partial charge in [0, 0.05) is 49.1 Å². The number of carbonyl (C=O) groups is 1. The van der Waals surface area contributed by atoms with Crippen molar-refractivity contribution in [2.45, 2.75) is 12.5 Å². The Morgan fingerprint density at radius 2 is 2.13 bits per heavy atom. The third-order valence-electron chi connectivity index (χ3n) is 4.11. The number of aromatic nitrogens is 2. The van der Waals surface area contributed by atoms with E-state index in [4.69, 9.17) is 23.2 Å². The molecule has 1 aromatic carbocycles. The Kier molecular flexibility index (Phi) is 4.90. The number of piperazine rings is 1. The Morgan fingerprint density at radius 3 is 2.78 bits per heavy atom. The van der Waals surface area contributed by atoms with E-state index in [2.05, 4.69) is 10.3 Å². The number of benzene rings is 1. The van der Waals surface area contributed by atoms with Gasteiger partial charge < -0.3 is 14.8 Å². The lowest BCUT2D eigenvalue weighted by Gasteiger charge is -2.36. The standard InChI is InChI=1S/C16H18Cl2N4O/c1-21-7-6-20-16(21)14-10-19-5-8-22(14)15(23)9-11-12(17)3-2-4-13(11)18/h2-4,6-7,14,19H,5,8-10H2,1H3. The number of hydrogen-bond donors (Lipinski definition) is 1. The van der Waals surface area contributed by atoms with Gasteiger partial charge in [0.25, 0.3) is 0 Å². The molecule has 1 unspecified atom stereocenters. The Hall–Kier alpha value is -1.56. The van der Waals surface area contributed by atoms with Crippen molar-refractivity contribution in [3.05, 3.63) is 52.0 Å². The van der Waals surface area contributed by atoms with Crippen molar-refractivity contribution in [3.63, 3.8) is 0 Å². The van der Waals surface area contributed by atoms with Gasteiger partial charge >= 0.3 is 0 Å². The minimum absolute atomic E-state index is 0.00880. The second kappa shape index (κ2) is 6.91. The summed E-state index contributed by atoms with van der Waals surface area (Å²) < 4.78 is 1.94. The van der Waals surface area contributed by atoms with Gasteiger partial charge in [-0.1, -0.05) is 29.3 Å². The zero-order valence-corrected chi connectivity index (χ0v) is 14.3. The Balaban J connectivity index is 1.83. The Labute approximate surface area is 145 Å². The van der Waals surface area contributed by atoms with Crippen molar-refractivity contribution in [1.82, 2.24) is 19.8 Å². The van der Waals surface area contributed by atoms with E-state index in [9.17, 15) is 4.79 Å². The lowest BCUT2D eigenvalue weighted by Crippen LogP contribution is -2.49. The fraction of sp³-hybridized carbons (Fsp3) is 0.375. The van der Waals surface area contributed by atoms with Crippen LogP contribution in [0.1, 0.15) is 17.4 Å². The maximum absolute atomic E-state index is 12.8. The lowest BCUT2D eigenvalue weighted by atomic mass is 10.1. The maximum Gasteiger partial charge on any atom is 0.227 e. The highest BCUT2D eigenvalue weighted by molar-refractivity contribution is 6.36. The highest BCUT2D eigenvalue weighted by Gasteiger charge is 2.30. The molecule has 5 nitrogen and oxygen atoms in total. The number of hydrogen-bond acceptors (Lipinski definition) is 3. The first-order valence-electron chi connectivity index (χ1n) is 7.48. The second-order valence-electron chi connectivity index (χ2n) is 5.58. The smallest absolute Gasteiger partial charge is 0.227 e. The summed E-state index contributed by atoms with van der Waals surface area (Å²) in [6.07, 6.45) is 3.83. The number of nitrogens with one attached hydrogen (secondary N) is 1. The van der Waals surface area contributed by atoms with Crippen LogP contribution < -0.4 is 5.32 Å². The van der Waals surface area contributed by atoms with Gasteiger partial charge in [-0.15, -0.1) is 0 Å². The van der Waals surface area contributed by atoms with Crippen molar-refractivity contribution in [3.8, 4) is 0 Å². The molecule has 1 aliphatic rings. The average molecular weight is 353 g/mol. The summed E-state index contributed by atoms with van der Waals surface area (Å²) in [6, 6.07) is 5.20. The van der Waals surface area contributed by atoms with Gasteiger partial charge in [-0.25, -0.2) is 4.98 Å². The van der Waals surface area contributed by atoms with Gasteiger partial charge in [0.15, 0.2) is 0 Å². The van der Waals surface area contributed by atoms with Crippen molar-refractivity contribution in [2.24, 2.45) is 7.05 Å². The third kappa shape index (κ3) is 3.37. The number of amides is 1. The second-order valence-corrected chi connectivity index (χ2v) is 6.39. The zero-order chi connectivity index (χ0) is 16.4. The molecule has 1 amide bonds. The molecule has 2 aromatic rings.